The molecule has 0 unspecified atom stereocenters. The van der Waals surface area contributed by atoms with Gasteiger partial charge in [0.15, 0.2) is 6.61 Å². The Balaban J connectivity index is 1.86. The molecule has 0 radical (unpaired) electrons. The Kier molecular flexibility index (Phi) is 5.27. The molecule has 0 atom stereocenters. The largest absolute Gasteiger partial charge is 0.482 e. The third-order valence-electron chi connectivity index (χ3n) is 3.46. The van der Waals surface area contributed by atoms with Crippen molar-refractivity contribution in [3.8, 4) is 5.75 Å². The molecule has 0 bridgehead atoms. The van der Waals surface area contributed by atoms with Crippen LogP contribution in [0.2, 0.25) is 0 Å². The molecule has 1 saturated heterocycles. The van der Waals surface area contributed by atoms with Gasteiger partial charge >= 0.3 is 0 Å². The van der Waals surface area contributed by atoms with Crippen molar-refractivity contribution in [2.75, 3.05) is 44.5 Å². The van der Waals surface area contributed by atoms with Gasteiger partial charge < -0.3 is 25.4 Å². The summed E-state index contributed by atoms with van der Waals surface area (Å²) < 4.78 is 10.8. The van der Waals surface area contributed by atoms with E-state index in [9.17, 15) is 4.79 Å². The van der Waals surface area contributed by atoms with Gasteiger partial charge in [-0.2, -0.15) is 0 Å². The Bertz CT molecular complexity index is 485. The molecule has 0 aromatic heterocycles. The minimum absolute atomic E-state index is 0.0293. The number of hydrogen-bond donors (Lipinski definition) is 2. The van der Waals surface area contributed by atoms with E-state index in [1.54, 1.807) is 6.07 Å². The molecule has 1 aliphatic rings. The van der Waals surface area contributed by atoms with E-state index in [4.69, 9.17) is 15.2 Å². The molecule has 1 fully saturated rings. The van der Waals surface area contributed by atoms with Crippen molar-refractivity contribution in [3.05, 3.63) is 18.2 Å². The Morgan fingerprint density at radius 3 is 2.81 bits per heavy atom. The fourth-order valence-electron chi connectivity index (χ4n) is 2.18. The molecule has 0 spiro atoms. The first kappa shape index (κ1) is 15.4. The van der Waals surface area contributed by atoms with Crippen LogP contribution >= 0.6 is 0 Å². The van der Waals surface area contributed by atoms with Gasteiger partial charge in [-0.05, 0) is 25.0 Å². The van der Waals surface area contributed by atoms with Gasteiger partial charge in [-0.25, -0.2) is 0 Å². The number of nitrogen functional groups attached to an aromatic ring is 1. The summed E-state index contributed by atoms with van der Waals surface area (Å²) in [7, 11) is 3.88. The van der Waals surface area contributed by atoms with Crippen molar-refractivity contribution < 1.29 is 14.3 Å². The summed E-state index contributed by atoms with van der Waals surface area (Å²) in [5.74, 6) is 0.403. The molecule has 6 nitrogen and oxygen atoms in total. The van der Waals surface area contributed by atoms with Crippen LogP contribution < -0.4 is 20.7 Å². The minimum atomic E-state index is -0.128. The second-order valence-corrected chi connectivity index (χ2v) is 5.36. The van der Waals surface area contributed by atoms with Gasteiger partial charge in [-0.15, -0.1) is 0 Å². The topological polar surface area (TPSA) is 76.8 Å². The van der Waals surface area contributed by atoms with E-state index in [1.807, 2.05) is 31.1 Å². The lowest BCUT2D eigenvalue weighted by Gasteiger charge is -2.23. The van der Waals surface area contributed by atoms with Gasteiger partial charge in [-0.1, -0.05) is 0 Å². The smallest absolute Gasteiger partial charge is 0.258 e. The summed E-state index contributed by atoms with van der Waals surface area (Å²) in [4.78, 5) is 13.8. The molecule has 6 heteroatoms. The second-order valence-electron chi connectivity index (χ2n) is 5.36. The highest BCUT2D eigenvalue weighted by Crippen LogP contribution is 2.26. The number of carbonyl (C=O) groups is 1. The maximum atomic E-state index is 11.9. The van der Waals surface area contributed by atoms with E-state index < -0.39 is 0 Å². The van der Waals surface area contributed by atoms with Crippen LogP contribution in [0.4, 0.5) is 11.4 Å². The SMILES string of the molecule is CN(C)c1ccc(N)c(OCC(=O)NC2CCOCC2)c1. The molecule has 1 aliphatic heterocycles. The number of nitrogens with one attached hydrogen (secondary N) is 1. The third-order valence-corrected chi connectivity index (χ3v) is 3.46. The zero-order valence-corrected chi connectivity index (χ0v) is 12.6. The van der Waals surface area contributed by atoms with Crippen LogP contribution in [0.15, 0.2) is 18.2 Å². The summed E-state index contributed by atoms with van der Waals surface area (Å²) in [6.07, 6.45) is 1.70. The molecule has 0 saturated carbocycles. The number of rotatable bonds is 5. The van der Waals surface area contributed by atoms with Crippen molar-refractivity contribution >= 4 is 17.3 Å². The number of carbonyl (C=O) groups excluding carboxylic acids is 1. The first-order valence-electron chi connectivity index (χ1n) is 7.13. The number of nitrogens with two attached hydrogens (primary N) is 1. The highest BCUT2D eigenvalue weighted by atomic mass is 16.5. The summed E-state index contributed by atoms with van der Waals surface area (Å²) >= 11 is 0. The van der Waals surface area contributed by atoms with Crippen molar-refractivity contribution in [2.24, 2.45) is 0 Å². The predicted octanol–water partition coefficient (Wildman–Crippen LogP) is 1.01. The molecular weight excluding hydrogens is 270 g/mol. The normalized spacial score (nSPS) is 15.5. The lowest BCUT2D eigenvalue weighted by Crippen LogP contribution is -2.41. The van der Waals surface area contributed by atoms with Crippen LogP contribution in [0.25, 0.3) is 0 Å². The molecule has 2 rings (SSSR count). The molecule has 1 aromatic carbocycles. The van der Waals surface area contributed by atoms with Crippen LogP contribution in [-0.4, -0.2) is 45.9 Å². The number of amides is 1. The number of nitrogens with zero attached hydrogens (tertiary/aromatic N) is 1. The summed E-state index contributed by atoms with van der Waals surface area (Å²) in [6.45, 7) is 1.37. The Hall–Kier alpha value is -1.95. The minimum Gasteiger partial charge on any atom is -0.482 e. The van der Waals surface area contributed by atoms with Crippen molar-refractivity contribution in [1.82, 2.24) is 5.32 Å². The number of anilines is 2. The Morgan fingerprint density at radius 2 is 2.14 bits per heavy atom. The molecule has 116 valence electrons. The molecule has 0 aliphatic carbocycles. The average Bonchev–Trinajstić information content (AvgIpc) is 2.47. The zero-order chi connectivity index (χ0) is 15.2. The predicted molar refractivity (Wildman–Crippen MR) is 82.7 cm³/mol. The molecule has 3 N–H and O–H groups in total. The third kappa shape index (κ3) is 4.53. The van der Waals surface area contributed by atoms with E-state index >= 15 is 0 Å². The maximum absolute atomic E-state index is 11.9. The van der Waals surface area contributed by atoms with Crippen molar-refractivity contribution in [3.63, 3.8) is 0 Å². The Labute approximate surface area is 125 Å². The van der Waals surface area contributed by atoms with Gasteiger partial charge in [-0.3, -0.25) is 4.79 Å². The van der Waals surface area contributed by atoms with Gasteiger partial charge in [0.2, 0.25) is 0 Å². The van der Waals surface area contributed by atoms with Crippen LogP contribution in [0.3, 0.4) is 0 Å². The van der Waals surface area contributed by atoms with Gasteiger partial charge in [0, 0.05) is 45.1 Å². The molecule has 1 heterocycles. The second kappa shape index (κ2) is 7.17. The molecular formula is C15H23N3O3. The number of hydrogen-bond acceptors (Lipinski definition) is 5. The van der Waals surface area contributed by atoms with Gasteiger partial charge in [0.25, 0.3) is 5.91 Å². The van der Waals surface area contributed by atoms with E-state index in [0.29, 0.717) is 24.7 Å². The van der Waals surface area contributed by atoms with E-state index in [-0.39, 0.29) is 18.6 Å². The lowest BCUT2D eigenvalue weighted by molar-refractivity contribution is -0.124. The maximum Gasteiger partial charge on any atom is 0.258 e. The number of ether oxygens (including phenoxy) is 2. The first-order valence-corrected chi connectivity index (χ1v) is 7.13. The van der Waals surface area contributed by atoms with Crippen LogP contribution in [0, 0.1) is 0 Å². The van der Waals surface area contributed by atoms with E-state index in [1.165, 1.54) is 0 Å². The average molecular weight is 293 g/mol. The van der Waals surface area contributed by atoms with Crippen LogP contribution in [0.1, 0.15) is 12.8 Å². The zero-order valence-electron chi connectivity index (χ0n) is 12.6. The summed E-state index contributed by atoms with van der Waals surface area (Å²) in [6, 6.07) is 5.70. The first-order chi connectivity index (χ1) is 10.1. The van der Waals surface area contributed by atoms with Crippen molar-refractivity contribution in [1.29, 1.82) is 0 Å². The molecule has 1 amide bonds. The summed E-state index contributed by atoms with van der Waals surface area (Å²) in [5.41, 5.74) is 7.37. The lowest BCUT2D eigenvalue weighted by atomic mass is 10.1. The van der Waals surface area contributed by atoms with E-state index in [2.05, 4.69) is 5.32 Å². The van der Waals surface area contributed by atoms with Gasteiger partial charge in [0.1, 0.15) is 5.75 Å². The Morgan fingerprint density at radius 1 is 1.43 bits per heavy atom. The summed E-state index contributed by atoms with van der Waals surface area (Å²) in [5, 5.41) is 2.95. The molecule has 21 heavy (non-hydrogen) atoms. The quantitative estimate of drug-likeness (QED) is 0.792. The van der Waals surface area contributed by atoms with Crippen LogP contribution in [0.5, 0.6) is 5.75 Å². The monoisotopic (exact) mass is 293 g/mol. The standard InChI is InChI=1S/C15H23N3O3/c1-18(2)12-3-4-13(16)14(9-12)21-10-15(19)17-11-5-7-20-8-6-11/h3-4,9,11H,5-8,10,16H2,1-2H3,(H,17,19). The molecule has 1 aromatic rings. The van der Waals surface area contributed by atoms with Gasteiger partial charge in [0.05, 0.1) is 5.69 Å². The number of benzene rings is 1. The van der Waals surface area contributed by atoms with Crippen LogP contribution in [-0.2, 0) is 9.53 Å². The highest BCUT2D eigenvalue weighted by molar-refractivity contribution is 5.78. The fraction of sp³-hybridized carbons (Fsp3) is 0.533. The fourth-order valence-corrected chi connectivity index (χ4v) is 2.18. The van der Waals surface area contributed by atoms with Crippen molar-refractivity contribution in [2.45, 2.75) is 18.9 Å². The highest BCUT2D eigenvalue weighted by Gasteiger charge is 2.16. The van der Waals surface area contributed by atoms with E-state index in [0.717, 1.165) is 18.5 Å².